The van der Waals surface area contributed by atoms with Gasteiger partial charge >= 0.3 is 0 Å². The molecule has 0 aliphatic carbocycles. The molecule has 0 aliphatic rings. The number of nitrogens with zero attached hydrogens (tertiary/aromatic N) is 3. The fourth-order valence-electron chi connectivity index (χ4n) is 1.03. The summed E-state index contributed by atoms with van der Waals surface area (Å²) in [7, 11) is 0. The maximum atomic E-state index is 11.2. The molecular formula is C8H7ClN6OS. The van der Waals surface area contributed by atoms with Crippen LogP contribution < -0.4 is 17.0 Å². The lowest BCUT2D eigenvalue weighted by atomic mass is 10.6. The smallest absolute Gasteiger partial charge is 0.253 e. The number of nitrogens with two attached hydrogens (primary N) is 2. The molecule has 2 heterocycles. The molecule has 9 heteroatoms. The van der Waals surface area contributed by atoms with Crippen molar-refractivity contribution in [3.8, 4) is 0 Å². The average molecular weight is 271 g/mol. The Morgan fingerprint density at radius 2 is 2.12 bits per heavy atom. The number of rotatable bonds is 2. The number of aromatic amines is 1. The molecule has 0 fully saturated rings. The fourth-order valence-corrected chi connectivity index (χ4v) is 2.02. The van der Waals surface area contributed by atoms with Gasteiger partial charge in [0.15, 0.2) is 5.16 Å². The number of H-pyrrole nitrogens is 1. The number of nitrogen functional groups attached to an aromatic ring is 2. The molecule has 0 aliphatic heterocycles. The molecule has 2 aromatic heterocycles. The van der Waals surface area contributed by atoms with E-state index in [1.54, 1.807) is 0 Å². The quantitative estimate of drug-likeness (QED) is 0.537. The summed E-state index contributed by atoms with van der Waals surface area (Å²) in [6.07, 6.45) is 1.27. The van der Waals surface area contributed by atoms with Gasteiger partial charge in [0.05, 0.1) is 0 Å². The van der Waals surface area contributed by atoms with Crippen molar-refractivity contribution in [1.29, 1.82) is 0 Å². The number of nitrogens with one attached hydrogen (secondary N) is 1. The van der Waals surface area contributed by atoms with Gasteiger partial charge < -0.3 is 16.5 Å². The molecule has 0 spiro atoms. The van der Waals surface area contributed by atoms with E-state index in [0.717, 1.165) is 11.8 Å². The van der Waals surface area contributed by atoms with Crippen LogP contribution in [-0.2, 0) is 0 Å². The van der Waals surface area contributed by atoms with Gasteiger partial charge in [0.25, 0.3) is 5.56 Å². The van der Waals surface area contributed by atoms with Crippen LogP contribution in [0.1, 0.15) is 0 Å². The molecule has 0 aromatic carbocycles. The second-order valence-electron chi connectivity index (χ2n) is 2.96. The number of aromatic nitrogens is 4. The number of halogens is 1. The Balaban J connectivity index is 2.38. The average Bonchev–Trinajstić information content (AvgIpc) is 2.23. The molecule has 17 heavy (non-hydrogen) atoms. The van der Waals surface area contributed by atoms with Gasteiger partial charge in [0, 0.05) is 6.07 Å². The van der Waals surface area contributed by atoms with Crippen molar-refractivity contribution in [1.82, 2.24) is 19.9 Å². The highest BCUT2D eigenvalue weighted by Gasteiger charge is 2.10. The highest BCUT2D eigenvalue weighted by atomic mass is 35.5. The molecule has 0 amide bonds. The molecule has 88 valence electrons. The summed E-state index contributed by atoms with van der Waals surface area (Å²) >= 11 is 6.95. The van der Waals surface area contributed by atoms with Gasteiger partial charge in [-0.1, -0.05) is 11.6 Å². The summed E-state index contributed by atoms with van der Waals surface area (Å²) < 4.78 is 0. The van der Waals surface area contributed by atoms with Crippen LogP contribution in [0.4, 0.5) is 11.6 Å². The van der Waals surface area contributed by atoms with Crippen LogP contribution in [0.2, 0.25) is 5.02 Å². The fraction of sp³-hybridized carbons (Fsp3) is 0. The van der Waals surface area contributed by atoms with Crippen LogP contribution >= 0.6 is 23.4 Å². The minimum atomic E-state index is -0.349. The Bertz CT molecular complexity index is 615. The van der Waals surface area contributed by atoms with Crippen LogP contribution in [0, 0.1) is 0 Å². The molecule has 2 rings (SSSR count). The lowest BCUT2D eigenvalue weighted by Gasteiger charge is -2.03. The predicted molar refractivity (Wildman–Crippen MR) is 64.8 cm³/mol. The third-order valence-electron chi connectivity index (χ3n) is 1.72. The van der Waals surface area contributed by atoms with E-state index >= 15 is 0 Å². The van der Waals surface area contributed by atoms with E-state index in [1.165, 1.54) is 12.4 Å². The maximum absolute atomic E-state index is 11.2. The van der Waals surface area contributed by atoms with E-state index in [9.17, 15) is 4.79 Å². The third kappa shape index (κ3) is 2.66. The van der Waals surface area contributed by atoms with Crippen molar-refractivity contribution in [2.45, 2.75) is 10.2 Å². The monoisotopic (exact) mass is 270 g/mol. The van der Waals surface area contributed by atoms with Crippen molar-refractivity contribution < 1.29 is 0 Å². The van der Waals surface area contributed by atoms with Crippen molar-refractivity contribution in [2.75, 3.05) is 11.5 Å². The van der Waals surface area contributed by atoms with E-state index in [4.69, 9.17) is 23.1 Å². The van der Waals surface area contributed by atoms with E-state index in [2.05, 4.69) is 19.9 Å². The van der Waals surface area contributed by atoms with E-state index < -0.39 is 0 Å². The minimum Gasteiger partial charge on any atom is -0.383 e. The summed E-state index contributed by atoms with van der Waals surface area (Å²) in [6.45, 7) is 0. The molecular weight excluding hydrogens is 264 g/mol. The normalized spacial score (nSPS) is 10.4. The minimum absolute atomic E-state index is 0.120. The second kappa shape index (κ2) is 4.60. The van der Waals surface area contributed by atoms with Crippen LogP contribution in [0.25, 0.3) is 0 Å². The highest BCUT2D eigenvalue weighted by Crippen LogP contribution is 2.31. The maximum Gasteiger partial charge on any atom is 0.253 e. The number of hydrogen-bond acceptors (Lipinski definition) is 7. The second-order valence-corrected chi connectivity index (χ2v) is 4.31. The summed E-state index contributed by atoms with van der Waals surface area (Å²) in [6, 6.07) is 1.18. The Hall–Kier alpha value is -1.80. The lowest BCUT2D eigenvalue weighted by molar-refractivity contribution is 0.937. The number of anilines is 2. The van der Waals surface area contributed by atoms with Crippen molar-refractivity contribution >= 4 is 35.0 Å². The molecule has 0 unspecified atom stereocenters. The lowest BCUT2D eigenvalue weighted by Crippen LogP contribution is -2.09. The van der Waals surface area contributed by atoms with Crippen LogP contribution in [-0.4, -0.2) is 19.9 Å². The standard InChI is InChI=1S/C8H7ClN6OS/c9-5-6(11)12-2-13-7(5)17-8-14-3(10)1-4(16)15-8/h1-2H,(H2,11,12,13)(H3,10,14,15,16). The summed E-state index contributed by atoms with van der Waals surface area (Å²) in [5.74, 6) is 0.282. The largest absolute Gasteiger partial charge is 0.383 e. The summed E-state index contributed by atoms with van der Waals surface area (Å²) in [4.78, 5) is 25.3. The first-order chi connectivity index (χ1) is 8.06. The van der Waals surface area contributed by atoms with E-state index in [-0.39, 0.29) is 27.4 Å². The molecule has 0 atom stereocenters. The van der Waals surface area contributed by atoms with Crippen LogP contribution in [0.3, 0.4) is 0 Å². The highest BCUT2D eigenvalue weighted by molar-refractivity contribution is 7.99. The first-order valence-electron chi connectivity index (χ1n) is 4.37. The molecule has 0 saturated carbocycles. The van der Waals surface area contributed by atoms with Crippen molar-refractivity contribution in [3.63, 3.8) is 0 Å². The first kappa shape index (κ1) is 11.7. The number of hydrogen-bond donors (Lipinski definition) is 3. The molecule has 2 aromatic rings. The molecule has 5 N–H and O–H groups in total. The molecule has 0 radical (unpaired) electrons. The van der Waals surface area contributed by atoms with Gasteiger partial charge in [-0.3, -0.25) is 4.79 Å². The van der Waals surface area contributed by atoms with Crippen LogP contribution in [0.5, 0.6) is 0 Å². The zero-order valence-corrected chi connectivity index (χ0v) is 9.92. The third-order valence-corrected chi connectivity index (χ3v) is 3.09. The Kier molecular flexibility index (Phi) is 3.16. The molecule has 0 bridgehead atoms. The SMILES string of the molecule is Nc1cc(=O)[nH]c(Sc2ncnc(N)c2Cl)n1. The molecule has 0 saturated heterocycles. The van der Waals surface area contributed by atoms with Gasteiger partial charge in [-0.05, 0) is 11.8 Å². The summed E-state index contributed by atoms with van der Waals surface area (Å²) in [5, 5.41) is 0.894. The van der Waals surface area contributed by atoms with E-state index in [0.29, 0.717) is 5.03 Å². The topological polar surface area (TPSA) is 124 Å². The van der Waals surface area contributed by atoms with Crippen molar-refractivity contribution in [3.05, 3.63) is 27.8 Å². The zero-order chi connectivity index (χ0) is 12.4. The summed E-state index contributed by atoms with van der Waals surface area (Å²) in [5.41, 5.74) is 10.6. The van der Waals surface area contributed by atoms with Crippen LogP contribution in [0.15, 0.2) is 27.4 Å². The van der Waals surface area contributed by atoms with E-state index in [1.807, 2.05) is 0 Å². The van der Waals surface area contributed by atoms with Gasteiger partial charge in [0.2, 0.25) is 0 Å². The van der Waals surface area contributed by atoms with Gasteiger partial charge in [-0.15, -0.1) is 0 Å². The van der Waals surface area contributed by atoms with Crippen molar-refractivity contribution in [2.24, 2.45) is 0 Å². The van der Waals surface area contributed by atoms with Gasteiger partial charge in [-0.25, -0.2) is 15.0 Å². The Morgan fingerprint density at radius 3 is 2.82 bits per heavy atom. The Morgan fingerprint density at radius 1 is 1.35 bits per heavy atom. The predicted octanol–water partition coefficient (Wildman–Crippen LogP) is 0.529. The van der Waals surface area contributed by atoms with Gasteiger partial charge in [-0.2, -0.15) is 0 Å². The Labute approximate surface area is 105 Å². The van der Waals surface area contributed by atoms with Gasteiger partial charge in [0.1, 0.15) is 28.0 Å². The zero-order valence-electron chi connectivity index (χ0n) is 8.35. The molecule has 7 nitrogen and oxygen atoms in total. The first-order valence-corrected chi connectivity index (χ1v) is 5.56.